The molecule has 3 rings (SSSR count). The number of hydrogen-bond acceptors (Lipinski definition) is 6. The molecule has 0 spiro atoms. The lowest BCUT2D eigenvalue weighted by molar-refractivity contribution is -0.0498. The summed E-state index contributed by atoms with van der Waals surface area (Å²) >= 11 is 0. The Morgan fingerprint density at radius 2 is 2.00 bits per heavy atom. The molecule has 1 amide bonds. The van der Waals surface area contributed by atoms with E-state index in [1.807, 2.05) is 20.8 Å². The maximum atomic E-state index is 12.7. The second kappa shape index (κ2) is 7.69. The molecule has 0 radical (unpaired) electrons. The van der Waals surface area contributed by atoms with Gasteiger partial charge >= 0.3 is 6.61 Å². The van der Waals surface area contributed by atoms with Crippen molar-refractivity contribution in [1.82, 2.24) is 19.9 Å². The Hall–Kier alpha value is -3.56. The van der Waals surface area contributed by atoms with Gasteiger partial charge < -0.3 is 20.4 Å². The fraction of sp³-hybridized carbons (Fsp3) is 0.300. The minimum Gasteiger partial charge on any atom is -0.435 e. The van der Waals surface area contributed by atoms with E-state index in [9.17, 15) is 13.6 Å². The summed E-state index contributed by atoms with van der Waals surface area (Å²) in [7, 11) is 1.74. The quantitative estimate of drug-likeness (QED) is 0.436. The molecule has 0 atom stereocenters. The number of hydrogen-bond donors (Lipinski definition) is 3. The number of alkyl halides is 2. The third-order valence-electron chi connectivity index (χ3n) is 4.17. The number of fused-ring (bicyclic) bond motifs is 1. The largest absolute Gasteiger partial charge is 0.435 e. The summed E-state index contributed by atoms with van der Waals surface area (Å²) in [6, 6.07) is 3.91. The van der Waals surface area contributed by atoms with Crippen LogP contribution in [0.1, 0.15) is 42.4 Å². The zero-order valence-electron chi connectivity index (χ0n) is 17.0. The second-order valence-corrected chi connectivity index (χ2v) is 7.79. The first kappa shape index (κ1) is 21.2. The smallest absolute Gasteiger partial charge is 0.387 e. The van der Waals surface area contributed by atoms with Crippen molar-refractivity contribution in [3.8, 4) is 5.75 Å². The topological polar surface area (TPSA) is 119 Å². The minimum absolute atomic E-state index is 0.127. The molecule has 4 N–H and O–H groups in total. The summed E-state index contributed by atoms with van der Waals surface area (Å²) < 4.78 is 31.1. The minimum atomic E-state index is -3.00. The Morgan fingerprint density at radius 3 is 2.63 bits per heavy atom. The summed E-state index contributed by atoms with van der Waals surface area (Å²) in [6.45, 7) is 2.58. The van der Waals surface area contributed by atoms with Crippen LogP contribution in [-0.2, 0) is 7.05 Å². The van der Waals surface area contributed by atoms with Gasteiger partial charge in [-0.25, -0.2) is 9.97 Å². The van der Waals surface area contributed by atoms with Crippen LogP contribution in [0.2, 0.25) is 0 Å². The molecule has 8 nitrogen and oxygen atoms in total. The van der Waals surface area contributed by atoms with Crippen LogP contribution in [0.5, 0.6) is 5.75 Å². The van der Waals surface area contributed by atoms with E-state index in [1.54, 1.807) is 17.8 Å². The number of amides is 1. The first-order chi connectivity index (χ1) is 14.0. The lowest BCUT2D eigenvalue weighted by atomic mass is 10.0. The van der Waals surface area contributed by atoms with Crippen LogP contribution < -0.4 is 15.8 Å². The molecular weight excluding hydrogens is 394 g/mol. The Labute approximate surface area is 171 Å². The Morgan fingerprint density at radius 1 is 1.30 bits per heavy atom. The number of anilines is 1. The number of nitrogens with one attached hydrogen (secondary N) is 2. The molecule has 0 aliphatic carbocycles. The van der Waals surface area contributed by atoms with Gasteiger partial charge in [-0.1, -0.05) is 0 Å². The summed E-state index contributed by atoms with van der Waals surface area (Å²) in [4.78, 5) is 21.4. The van der Waals surface area contributed by atoms with Gasteiger partial charge in [0.05, 0.1) is 17.5 Å². The van der Waals surface area contributed by atoms with Crippen LogP contribution in [-0.4, -0.2) is 38.3 Å². The Balaban J connectivity index is 2.04. The van der Waals surface area contributed by atoms with Gasteiger partial charge in [-0.05, 0) is 39.0 Å². The molecule has 0 saturated heterocycles. The summed E-state index contributed by atoms with van der Waals surface area (Å²) in [5, 5.41) is 11.3. The number of halogens is 2. The van der Waals surface area contributed by atoms with Gasteiger partial charge in [-0.2, -0.15) is 8.78 Å². The standard InChI is InChI=1S/C20H22F2N6O2/c1-20(2,3)27-18(29)12-9-28(4)17-16(12)26-14(8-25-17)15(24)11-7-10(30-19(21)22)5-6-13(11)23/h5-9,19,24H,23H2,1-4H3,(H,27,29). The zero-order chi connectivity index (χ0) is 22.2. The monoisotopic (exact) mass is 416 g/mol. The number of benzene rings is 1. The van der Waals surface area contributed by atoms with E-state index in [1.165, 1.54) is 24.4 Å². The van der Waals surface area contributed by atoms with Crippen LogP contribution in [0.4, 0.5) is 14.5 Å². The van der Waals surface area contributed by atoms with Crippen molar-refractivity contribution < 1.29 is 18.3 Å². The molecule has 158 valence electrons. The molecule has 2 aromatic heterocycles. The summed E-state index contributed by atoms with van der Waals surface area (Å²) in [5.41, 5.74) is 6.94. The lowest BCUT2D eigenvalue weighted by Crippen LogP contribution is -2.40. The Bertz CT molecular complexity index is 1130. The van der Waals surface area contributed by atoms with Crippen molar-refractivity contribution in [2.75, 3.05) is 5.73 Å². The van der Waals surface area contributed by atoms with Crippen LogP contribution >= 0.6 is 0 Å². The molecule has 1 aromatic carbocycles. The van der Waals surface area contributed by atoms with Gasteiger partial charge in [0, 0.05) is 30.0 Å². The van der Waals surface area contributed by atoms with Crippen molar-refractivity contribution in [3.63, 3.8) is 0 Å². The van der Waals surface area contributed by atoms with Crippen LogP contribution in [0, 0.1) is 5.41 Å². The number of carbonyl (C=O) groups is 1. The molecule has 3 aromatic rings. The van der Waals surface area contributed by atoms with Crippen molar-refractivity contribution in [3.05, 3.63) is 47.4 Å². The molecule has 0 aliphatic heterocycles. The first-order valence-electron chi connectivity index (χ1n) is 9.04. The molecule has 0 fully saturated rings. The lowest BCUT2D eigenvalue weighted by Gasteiger charge is -2.20. The average Bonchev–Trinajstić information content (AvgIpc) is 2.97. The van der Waals surface area contributed by atoms with E-state index >= 15 is 0 Å². The molecule has 0 unspecified atom stereocenters. The molecule has 0 saturated carbocycles. The number of nitrogen functional groups attached to an aromatic ring is 1. The van der Waals surface area contributed by atoms with Gasteiger partial charge in [-0.3, -0.25) is 10.2 Å². The number of ether oxygens (including phenoxy) is 1. The van der Waals surface area contributed by atoms with E-state index < -0.39 is 12.2 Å². The highest BCUT2D eigenvalue weighted by molar-refractivity contribution is 6.14. The highest BCUT2D eigenvalue weighted by Crippen LogP contribution is 2.25. The molecular formula is C20H22F2N6O2. The van der Waals surface area contributed by atoms with E-state index in [-0.39, 0.29) is 34.3 Å². The number of rotatable bonds is 5. The third kappa shape index (κ3) is 4.37. The van der Waals surface area contributed by atoms with Crippen molar-refractivity contribution >= 4 is 28.5 Å². The van der Waals surface area contributed by atoms with Gasteiger partial charge in [0.15, 0.2) is 5.65 Å². The van der Waals surface area contributed by atoms with Crippen LogP contribution in [0.15, 0.2) is 30.6 Å². The fourth-order valence-electron chi connectivity index (χ4n) is 2.90. The van der Waals surface area contributed by atoms with Gasteiger partial charge in [0.25, 0.3) is 5.91 Å². The zero-order valence-corrected chi connectivity index (χ0v) is 17.0. The molecule has 0 aliphatic rings. The molecule has 0 bridgehead atoms. The van der Waals surface area contributed by atoms with Gasteiger partial charge in [0.2, 0.25) is 0 Å². The van der Waals surface area contributed by atoms with Crippen molar-refractivity contribution in [2.45, 2.75) is 32.9 Å². The van der Waals surface area contributed by atoms with Crippen LogP contribution in [0.25, 0.3) is 11.2 Å². The summed E-state index contributed by atoms with van der Waals surface area (Å²) in [6.07, 6.45) is 2.99. The highest BCUT2D eigenvalue weighted by Gasteiger charge is 2.22. The number of carbonyl (C=O) groups excluding carboxylic acids is 1. The third-order valence-corrected chi connectivity index (χ3v) is 4.17. The van der Waals surface area contributed by atoms with Gasteiger partial charge in [-0.15, -0.1) is 0 Å². The highest BCUT2D eigenvalue weighted by atomic mass is 19.3. The number of nitrogens with zero attached hydrogens (tertiary/aromatic N) is 3. The molecule has 2 heterocycles. The van der Waals surface area contributed by atoms with Gasteiger partial charge in [0.1, 0.15) is 17.0 Å². The number of aromatic nitrogens is 3. The predicted molar refractivity (Wildman–Crippen MR) is 109 cm³/mol. The van der Waals surface area contributed by atoms with Crippen LogP contribution in [0.3, 0.4) is 0 Å². The van der Waals surface area contributed by atoms with E-state index in [4.69, 9.17) is 11.1 Å². The number of aryl methyl sites for hydroxylation is 1. The Kier molecular flexibility index (Phi) is 5.43. The van der Waals surface area contributed by atoms with E-state index in [0.717, 1.165) is 0 Å². The second-order valence-electron chi connectivity index (χ2n) is 7.79. The summed E-state index contributed by atoms with van der Waals surface area (Å²) in [5.74, 6) is -0.448. The van der Waals surface area contributed by atoms with E-state index in [0.29, 0.717) is 16.7 Å². The number of nitrogens with two attached hydrogens (primary N) is 1. The maximum Gasteiger partial charge on any atom is 0.387 e. The average molecular weight is 416 g/mol. The fourth-order valence-corrected chi connectivity index (χ4v) is 2.90. The van der Waals surface area contributed by atoms with Crippen molar-refractivity contribution in [2.24, 2.45) is 7.05 Å². The van der Waals surface area contributed by atoms with Crippen molar-refractivity contribution in [1.29, 1.82) is 5.41 Å². The maximum absolute atomic E-state index is 12.7. The molecule has 10 heteroatoms. The normalized spacial score (nSPS) is 11.7. The van der Waals surface area contributed by atoms with E-state index in [2.05, 4.69) is 20.0 Å². The molecule has 30 heavy (non-hydrogen) atoms. The predicted octanol–water partition coefficient (Wildman–Crippen LogP) is 3.10. The SMILES string of the molecule is Cn1cc(C(=O)NC(C)(C)C)c2nc(C(=N)c3cc(OC(F)F)ccc3N)cnc21. The first-order valence-corrected chi connectivity index (χ1v) is 9.04.